The molecule has 0 saturated carbocycles. The second-order valence-corrected chi connectivity index (χ2v) is 6.92. The number of hydrogen-bond acceptors (Lipinski definition) is 4. The number of nitrogens with zero attached hydrogens (tertiary/aromatic N) is 1. The molecule has 1 N–H and O–H groups in total. The van der Waals surface area contributed by atoms with Crippen LogP contribution in [0.2, 0.25) is 0 Å². The van der Waals surface area contributed by atoms with E-state index < -0.39 is 0 Å². The molecule has 0 aliphatic carbocycles. The smallest absolute Gasteiger partial charge is 0.251 e. The molecular formula is C23H32N2O3. The van der Waals surface area contributed by atoms with Crippen LogP contribution >= 0.6 is 0 Å². The standard InChI is InChI=1S/C23H32N2O3/c1-7-25(8-2)15-18-9-11-19(12-10-18)23(26)24-17(4)20-14-22(28-6)21(27-5)13-16(20)3/h9-14,17H,7-8,15H2,1-6H3,(H,24,26). The molecule has 1 atom stereocenters. The summed E-state index contributed by atoms with van der Waals surface area (Å²) in [4.78, 5) is 15.0. The van der Waals surface area contributed by atoms with Gasteiger partial charge in [0.1, 0.15) is 0 Å². The van der Waals surface area contributed by atoms with E-state index >= 15 is 0 Å². The van der Waals surface area contributed by atoms with Crippen LogP contribution in [0.15, 0.2) is 36.4 Å². The van der Waals surface area contributed by atoms with Crippen molar-refractivity contribution in [2.45, 2.75) is 40.3 Å². The molecule has 2 aromatic carbocycles. The van der Waals surface area contributed by atoms with E-state index in [0.717, 1.165) is 30.8 Å². The predicted octanol–water partition coefficient (Wildman–Crippen LogP) is 4.35. The van der Waals surface area contributed by atoms with Crippen LogP contribution in [0.25, 0.3) is 0 Å². The normalized spacial score (nSPS) is 12.0. The van der Waals surface area contributed by atoms with Gasteiger partial charge in [-0.25, -0.2) is 0 Å². The summed E-state index contributed by atoms with van der Waals surface area (Å²) in [5.74, 6) is 1.26. The van der Waals surface area contributed by atoms with E-state index in [-0.39, 0.29) is 11.9 Å². The summed E-state index contributed by atoms with van der Waals surface area (Å²) in [6.07, 6.45) is 0. The van der Waals surface area contributed by atoms with Gasteiger partial charge in [-0.1, -0.05) is 26.0 Å². The molecule has 0 heterocycles. The Kier molecular flexibility index (Phi) is 7.88. The fourth-order valence-electron chi connectivity index (χ4n) is 3.29. The first-order valence-corrected chi connectivity index (χ1v) is 9.78. The average molecular weight is 385 g/mol. The van der Waals surface area contributed by atoms with Crippen LogP contribution in [0.3, 0.4) is 0 Å². The molecule has 0 aliphatic heterocycles. The minimum Gasteiger partial charge on any atom is -0.493 e. The van der Waals surface area contributed by atoms with Crippen molar-refractivity contribution in [3.8, 4) is 11.5 Å². The molecule has 0 aromatic heterocycles. The van der Waals surface area contributed by atoms with Gasteiger partial charge in [0.15, 0.2) is 11.5 Å². The van der Waals surface area contributed by atoms with Gasteiger partial charge in [-0.15, -0.1) is 0 Å². The summed E-state index contributed by atoms with van der Waals surface area (Å²) in [7, 11) is 3.23. The Bertz CT molecular complexity index is 783. The first kappa shape index (κ1) is 21.8. The highest BCUT2D eigenvalue weighted by Crippen LogP contribution is 2.32. The lowest BCUT2D eigenvalue weighted by molar-refractivity contribution is 0.0939. The number of ether oxygens (including phenoxy) is 2. The molecule has 0 aliphatic rings. The van der Waals surface area contributed by atoms with Crippen molar-refractivity contribution in [2.75, 3.05) is 27.3 Å². The second-order valence-electron chi connectivity index (χ2n) is 6.92. The van der Waals surface area contributed by atoms with Crippen LogP contribution in [-0.2, 0) is 6.54 Å². The van der Waals surface area contributed by atoms with Gasteiger partial charge in [0.2, 0.25) is 0 Å². The van der Waals surface area contributed by atoms with Crippen molar-refractivity contribution >= 4 is 5.91 Å². The zero-order chi connectivity index (χ0) is 20.7. The Morgan fingerprint density at radius 3 is 2.14 bits per heavy atom. The first-order valence-electron chi connectivity index (χ1n) is 9.78. The lowest BCUT2D eigenvalue weighted by Gasteiger charge is -2.20. The van der Waals surface area contributed by atoms with Crippen LogP contribution in [0.4, 0.5) is 0 Å². The summed E-state index contributed by atoms with van der Waals surface area (Å²) in [5.41, 5.74) is 3.92. The molecule has 28 heavy (non-hydrogen) atoms. The zero-order valence-electron chi connectivity index (χ0n) is 17.8. The van der Waals surface area contributed by atoms with Crippen molar-refractivity contribution in [3.05, 3.63) is 58.7 Å². The maximum atomic E-state index is 12.7. The highest BCUT2D eigenvalue weighted by atomic mass is 16.5. The average Bonchev–Trinajstić information content (AvgIpc) is 2.71. The lowest BCUT2D eigenvalue weighted by atomic mass is 10.0. The molecular weight excluding hydrogens is 352 g/mol. The molecule has 5 heteroatoms. The predicted molar refractivity (Wildman–Crippen MR) is 113 cm³/mol. The van der Waals surface area contributed by atoms with E-state index in [9.17, 15) is 4.79 Å². The Morgan fingerprint density at radius 2 is 1.61 bits per heavy atom. The Balaban J connectivity index is 2.10. The molecule has 0 bridgehead atoms. The van der Waals surface area contributed by atoms with Gasteiger partial charge in [0.25, 0.3) is 5.91 Å². The molecule has 1 amide bonds. The molecule has 1 unspecified atom stereocenters. The van der Waals surface area contributed by atoms with Gasteiger partial charge in [0, 0.05) is 12.1 Å². The van der Waals surface area contributed by atoms with Gasteiger partial charge in [-0.3, -0.25) is 9.69 Å². The number of rotatable bonds is 9. The Hall–Kier alpha value is -2.53. The minimum atomic E-state index is -0.150. The van der Waals surface area contributed by atoms with Crippen LogP contribution in [0.1, 0.15) is 53.9 Å². The number of hydrogen-bond donors (Lipinski definition) is 1. The van der Waals surface area contributed by atoms with Crippen LogP contribution < -0.4 is 14.8 Å². The highest BCUT2D eigenvalue weighted by Gasteiger charge is 2.16. The molecule has 0 radical (unpaired) electrons. The number of benzene rings is 2. The maximum absolute atomic E-state index is 12.7. The van der Waals surface area contributed by atoms with Gasteiger partial charge >= 0.3 is 0 Å². The molecule has 0 saturated heterocycles. The Labute approximate surface area is 168 Å². The third-order valence-corrected chi connectivity index (χ3v) is 5.10. The van der Waals surface area contributed by atoms with Crippen LogP contribution in [0.5, 0.6) is 11.5 Å². The van der Waals surface area contributed by atoms with Crippen molar-refractivity contribution in [1.82, 2.24) is 10.2 Å². The van der Waals surface area contributed by atoms with E-state index in [0.29, 0.717) is 17.1 Å². The van der Waals surface area contributed by atoms with E-state index in [1.807, 2.05) is 50.2 Å². The molecule has 0 spiro atoms. The van der Waals surface area contributed by atoms with E-state index in [4.69, 9.17) is 9.47 Å². The monoisotopic (exact) mass is 384 g/mol. The highest BCUT2D eigenvalue weighted by molar-refractivity contribution is 5.94. The summed E-state index contributed by atoms with van der Waals surface area (Å²) < 4.78 is 10.7. The minimum absolute atomic E-state index is 0.0870. The second kappa shape index (κ2) is 10.1. The fraction of sp³-hybridized carbons (Fsp3) is 0.435. The number of methoxy groups -OCH3 is 2. The number of amides is 1. The number of carbonyl (C=O) groups is 1. The topological polar surface area (TPSA) is 50.8 Å². The summed E-state index contributed by atoms with van der Waals surface area (Å²) in [5, 5.41) is 3.08. The lowest BCUT2D eigenvalue weighted by Crippen LogP contribution is -2.27. The number of nitrogens with one attached hydrogen (secondary N) is 1. The van der Waals surface area contributed by atoms with Crippen LogP contribution in [-0.4, -0.2) is 38.1 Å². The number of aryl methyl sites for hydroxylation is 1. The van der Waals surface area contributed by atoms with Gasteiger partial charge in [-0.2, -0.15) is 0 Å². The largest absolute Gasteiger partial charge is 0.493 e. The van der Waals surface area contributed by atoms with E-state index in [1.54, 1.807) is 14.2 Å². The third kappa shape index (κ3) is 5.26. The van der Waals surface area contributed by atoms with Gasteiger partial charge in [0.05, 0.1) is 20.3 Å². The van der Waals surface area contributed by atoms with Crippen molar-refractivity contribution in [1.29, 1.82) is 0 Å². The molecule has 152 valence electrons. The quantitative estimate of drug-likeness (QED) is 0.698. The summed E-state index contributed by atoms with van der Waals surface area (Å²) in [6.45, 7) is 11.2. The molecule has 2 aromatic rings. The Morgan fingerprint density at radius 1 is 1.04 bits per heavy atom. The first-order chi connectivity index (χ1) is 13.4. The third-order valence-electron chi connectivity index (χ3n) is 5.10. The molecule has 5 nitrogen and oxygen atoms in total. The van der Waals surface area contributed by atoms with Gasteiger partial charge in [-0.05, 0) is 67.9 Å². The van der Waals surface area contributed by atoms with Crippen molar-refractivity contribution in [3.63, 3.8) is 0 Å². The van der Waals surface area contributed by atoms with E-state index in [2.05, 4.69) is 24.1 Å². The molecule has 0 fully saturated rings. The zero-order valence-corrected chi connectivity index (χ0v) is 17.8. The van der Waals surface area contributed by atoms with Crippen molar-refractivity contribution < 1.29 is 14.3 Å². The SMILES string of the molecule is CCN(CC)Cc1ccc(C(=O)NC(C)c2cc(OC)c(OC)cc2C)cc1. The molecule has 2 rings (SSSR count). The fourth-order valence-corrected chi connectivity index (χ4v) is 3.29. The number of carbonyl (C=O) groups excluding carboxylic acids is 1. The van der Waals surface area contributed by atoms with E-state index in [1.165, 1.54) is 5.56 Å². The summed E-state index contributed by atoms with van der Waals surface area (Å²) >= 11 is 0. The van der Waals surface area contributed by atoms with Gasteiger partial charge < -0.3 is 14.8 Å². The summed E-state index contributed by atoms with van der Waals surface area (Å²) in [6, 6.07) is 11.5. The van der Waals surface area contributed by atoms with Crippen LogP contribution in [0, 0.1) is 6.92 Å². The van der Waals surface area contributed by atoms with Crippen molar-refractivity contribution in [2.24, 2.45) is 0 Å². The maximum Gasteiger partial charge on any atom is 0.251 e.